The Bertz CT molecular complexity index is 302. The largest absolute Gasteiger partial charge is 0.466 e. The van der Waals surface area contributed by atoms with Crippen molar-refractivity contribution >= 4 is 27.5 Å². The summed E-state index contributed by atoms with van der Waals surface area (Å²) in [5, 5.41) is 0.675. The Labute approximate surface area is 90.9 Å². The van der Waals surface area contributed by atoms with Crippen molar-refractivity contribution < 1.29 is 9.47 Å². The van der Waals surface area contributed by atoms with Gasteiger partial charge in [-0.25, -0.2) is 0 Å². The predicted molar refractivity (Wildman–Crippen MR) is 56.4 cm³/mol. The van der Waals surface area contributed by atoms with E-state index in [2.05, 4.69) is 15.9 Å². The maximum atomic E-state index is 5.99. The number of hydrogen-bond donors (Lipinski definition) is 0. The molecule has 0 unspecified atom stereocenters. The molecule has 1 rings (SSSR count). The van der Waals surface area contributed by atoms with Gasteiger partial charge in [0, 0.05) is 7.11 Å². The van der Waals surface area contributed by atoms with Crippen molar-refractivity contribution in [1.82, 2.24) is 0 Å². The van der Waals surface area contributed by atoms with Crippen molar-refractivity contribution in [1.29, 1.82) is 0 Å². The summed E-state index contributed by atoms with van der Waals surface area (Å²) in [4.78, 5) is 0. The summed E-state index contributed by atoms with van der Waals surface area (Å²) in [5.74, 6) is 0.692. The van der Waals surface area contributed by atoms with Crippen molar-refractivity contribution in [2.75, 3.05) is 13.9 Å². The highest BCUT2D eigenvalue weighted by atomic mass is 79.9. The first-order valence-electron chi connectivity index (χ1n) is 3.73. The summed E-state index contributed by atoms with van der Waals surface area (Å²) in [7, 11) is 1.57. The maximum absolute atomic E-state index is 5.99. The lowest BCUT2D eigenvalue weighted by Crippen LogP contribution is -1.99. The van der Waals surface area contributed by atoms with Gasteiger partial charge < -0.3 is 9.47 Å². The van der Waals surface area contributed by atoms with E-state index in [-0.39, 0.29) is 6.79 Å². The summed E-state index contributed by atoms with van der Waals surface area (Å²) in [6.07, 6.45) is 0. The van der Waals surface area contributed by atoms with Crippen LogP contribution < -0.4 is 4.74 Å². The van der Waals surface area contributed by atoms with Gasteiger partial charge in [0.1, 0.15) is 5.75 Å². The van der Waals surface area contributed by atoms with Gasteiger partial charge in [-0.3, -0.25) is 0 Å². The van der Waals surface area contributed by atoms with Crippen molar-refractivity contribution in [2.45, 2.75) is 6.92 Å². The van der Waals surface area contributed by atoms with Gasteiger partial charge >= 0.3 is 0 Å². The number of halogens is 2. The Morgan fingerprint density at radius 1 is 1.46 bits per heavy atom. The lowest BCUT2D eigenvalue weighted by Gasteiger charge is -2.09. The summed E-state index contributed by atoms with van der Waals surface area (Å²) in [6.45, 7) is 2.16. The van der Waals surface area contributed by atoms with E-state index < -0.39 is 0 Å². The van der Waals surface area contributed by atoms with E-state index >= 15 is 0 Å². The molecule has 72 valence electrons. The number of ether oxygens (including phenoxy) is 2. The molecule has 0 spiro atoms. The quantitative estimate of drug-likeness (QED) is 0.780. The second-order valence-corrected chi connectivity index (χ2v) is 3.73. The molecule has 2 nitrogen and oxygen atoms in total. The fourth-order valence-corrected chi connectivity index (χ4v) is 1.58. The minimum absolute atomic E-state index is 0.220. The minimum atomic E-state index is 0.220. The Morgan fingerprint density at radius 3 is 2.77 bits per heavy atom. The highest BCUT2D eigenvalue weighted by Gasteiger charge is 2.07. The van der Waals surface area contributed by atoms with Crippen LogP contribution in [0, 0.1) is 6.92 Å². The van der Waals surface area contributed by atoms with E-state index in [0.717, 1.165) is 10.0 Å². The molecule has 0 bridgehead atoms. The number of aryl methyl sites for hydroxylation is 1. The summed E-state index contributed by atoms with van der Waals surface area (Å²) < 4.78 is 10.8. The normalized spacial score (nSPS) is 10.2. The zero-order valence-corrected chi connectivity index (χ0v) is 9.78. The number of methoxy groups -OCH3 is 1. The SMILES string of the molecule is COCOc1ccc(C)c(Cl)c1Br. The molecule has 0 aliphatic carbocycles. The van der Waals surface area contributed by atoms with Crippen molar-refractivity contribution in [3.8, 4) is 5.75 Å². The van der Waals surface area contributed by atoms with Crippen LogP contribution in [0.15, 0.2) is 16.6 Å². The van der Waals surface area contributed by atoms with Gasteiger partial charge in [-0.2, -0.15) is 0 Å². The third-order valence-corrected chi connectivity index (χ3v) is 3.07. The first-order chi connectivity index (χ1) is 6.16. The Hall–Kier alpha value is -0.250. The number of benzene rings is 1. The average molecular weight is 266 g/mol. The third kappa shape index (κ3) is 2.59. The lowest BCUT2D eigenvalue weighted by atomic mass is 10.2. The van der Waals surface area contributed by atoms with Crippen LogP contribution in [0.1, 0.15) is 5.56 Å². The molecule has 0 fully saturated rings. The van der Waals surface area contributed by atoms with Crippen LogP contribution in [0.3, 0.4) is 0 Å². The second-order valence-electron chi connectivity index (χ2n) is 2.56. The first kappa shape index (κ1) is 10.8. The highest BCUT2D eigenvalue weighted by molar-refractivity contribution is 9.10. The molecule has 0 atom stereocenters. The highest BCUT2D eigenvalue weighted by Crippen LogP contribution is 2.34. The van der Waals surface area contributed by atoms with Crippen LogP contribution in [0.5, 0.6) is 5.75 Å². The average Bonchev–Trinajstić information content (AvgIpc) is 2.13. The van der Waals surface area contributed by atoms with Gasteiger partial charge in [0.05, 0.1) is 9.50 Å². The van der Waals surface area contributed by atoms with Gasteiger partial charge in [-0.15, -0.1) is 0 Å². The Kier molecular flexibility index (Phi) is 4.03. The van der Waals surface area contributed by atoms with Gasteiger partial charge in [-0.05, 0) is 34.5 Å². The van der Waals surface area contributed by atoms with Gasteiger partial charge in [0.25, 0.3) is 0 Å². The standard InChI is InChI=1S/C9H10BrClO2/c1-6-3-4-7(13-5-12-2)8(10)9(6)11/h3-4H,5H2,1-2H3. The minimum Gasteiger partial charge on any atom is -0.466 e. The van der Waals surface area contributed by atoms with Crippen LogP contribution in [0.2, 0.25) is 5.02 Å². The molecule has 0 saturated heterocycles. The zero-order chi connectivity index (χ0) is 9.84. The molecule has 0 aliphatic rings. The van der Waals surface area contributed by atoms with Gasteiger partial charge in [-0.1, -0.05) is 17.7 Å². The third-order valence-electron chi connectivity index (χ3n) is 1.57. The molecule has 0 heterocycles. The van der Waals surface area contributed by atoms with Crippen LogP contribution >= 0.6 is 27.5 Å². The summed E-state index contributed by atoms with van der Waals surface area (Å²) in [5.41, 5.74) is 1.01. The fourth-order valence-electron chi connectivity index (χ4n) is 0.862. The predicted octanol–water partition coefficient (Wildman–Crippen LogP) is 3.39. The van der Waals surface area contributed by atoms with Crippen molar-refractivity contribution in [2.24, 2.45) is 0 Å². The topological polar surface area (TPSA) is 18.5 Å². The molecule has 0 amide bonds. The molecule has 0 aliphatic heterocycles. The van der Waals surface area contributed by atoms with Crippen LogP contribution in [0.4, 0.5) is 0 Å². The van der Waals surface area contributed by atoms with E-state index in [4.69, 9.17) is 21.1 Å². The molecule has 0 aromatic heterocycles. The van der Waals surface area contributed by atoms with Crippen LogP contribution in [-0.2, 0) is 4.74 Å². The van der Waals surface area contributed by atoms with Crippen molar-refractivity contribution in [3.05, 3.63) is 27.2 Å². The molecular weight excluding hydrogens is 255 g/mol. The molecule has 1 aromatic carbocycles. The molecule has 0 saturated carbocycles. The van der Waals surface area contributed by atoms with E-state index in [1.165, 1.54) is 0 Å². The molecule has 13 heavy (non-hydrogen) atoms. The molecule has 4 heteroatoms. The Morgan fingerprint density at radius 2 is 2.15 bits per heavy atom. The lowest BCUT2D eigenvalue weighted by molar-refractivity contribution is 0.0506. The zero-order valence-electron chi connectivity index (χ0n) is 7.43. The van der Waals surface area contributed by atoms with E-state index in [1.54, 1.807) is 7.11 Å². The van der Waals surface area contributed by atoms with Gasteiger partial charge in [0.15, 0.2) is 6.79 Å². The van der Waals surface area contributed by atoms with Crippen LogP contribution in [0.25, 0.3) is 0 Å². The first-order valence-corrected chi connectivity index (χ1v) is 4.90. The van der Waals surface area contributed by atoms with Gasteiger partial charge in [0.2, 0.25) is 0 Å². The van der Waals surface area contributed by atoms with E-state index in [9.17, 15) is 0 Å². The molecular formula is C9H10BrClO2. The van der Waals surface area contributed by atoms with Crippen molar-refractivity contribution in [3.63, 3.8) is 0 Å². The van der Waals surface area contributed by atoms with E-state index in [1.807, 2.05) is 19.1 Å². The summed E-state index contributed by atoms with van der Waals surface area (Å²) in [6, 6.07) is 3.75. The Balaban J connectivity index is 2.90. The number of hydrogen-bond acceptors (Lipinski definition) is 2. The second kappa shape index (κ2) is 4.84. The molecule has 0 N–H and O–H groups in total. The molecule has 0 radical (unpaired) electrons. The monoisotopic (exact) mass is 264 g/mol. The summed E-state index contributed by atoms with van der Waals surface area (Å²) >= 11 is 9.34. The maximum Gasteiger partial charge on any atom is 0.188 e. The fraction of sp³-hybridized carbons (Fsp3) is 0.333. The van der Waals surface area contributed by atoms with Crippen LogP contribution in [-0.4, -0.2) is 13.9 Å². The smallest absolute Gasteiger partial charge is 0.188 e. The van der Waals surface area contributed by atoms with E-state index in [0.29, 0.717) is 10.8 Å². The number of rotatable bonds is 3. The molecule has 1 aromatic rings.